The molecule has 0 aromatic carbocycles. The van der Waals surface area contributed by atoms with Crippen molar-refractivity contribution in [2.75, 3.05) is 0 Å². The molecule has 1 N–H and O–H groups in total. The van der Waals surface area contributed by atoms with Crippen LogP contribution in [0.5, 0.6) is 0 Å². The third-order valence-corrected chi connectivity index (χ3v) is 0.660. The van der Waals surface area contributed by atoms with Crippen LogP contribution in [0.15, 0.2) is 0 Å². The Kier molecular flexibility index (Phi) is 3.38. The van der Waals surface area contributed by atoms with Crippen LogP contribution in [0.1, 0.15) is 19.8 Å². The number of hydrogen-bond acceptors (Lipinski definition) is 1. The standard InChI is InChI=1S/C5H9NO/c1-2-3-4-5(6)7/h2,6H,3-4H2,1H3. The zero-order valence-corrected chi connectivity index (χ0v) is 4.40. The van der Waals surface area contributed by atoms with Crippen LogP contribution in [-0.4, -0.2) is 5.91 Å². The van der Waals surface area contributed by atoms with Gasteiger partial charge < -0.3 is 0 Å². The van der Waals surface area contributed by atoms with E-state index < -0.39 is 5.91 Å². The van der Waals surface area contributed by atoms with Crippen LogP contribution in [0.3, 0.4) is 0 Å². The lowest BCUT2D eigenvalue weighted by molar-refractivity contribution is -0.118. The minimum atomic E-state index is -0.474. The molecule has 0 rings (SSSR count). The summed E-state index contributed by atoms with van der Waals surface area (Å²) in [6.45, 7) is 1.88. The number of carbonyl (C=O) groups excluding carboxylic acids is 1. The third kappa shape index (κ3) is 5.47. The zero-order chi connectivity index (χ0) is 5.70. The van der Waals surface area contributed by atoms with Crippen LogP contribution in [0, 0.1) is 6.42 Å². The molecule has 0 saturated heterocycles. The third-order valence-electron chi connectivity index (χ3n) is 0.660. The van der Waals surface area contributed by atoms with E-state index in [1.165, 1.54) is 0 Å². The largest absolute Gasteiger partial charge is 0.273 e. The van der Waals surface area contributed by atoms with Gasteiger partial charge in [-0.2, -0.15) is 0 Å². The molecule has 0 fully saturated rings. The second-order valence-electron chi connectivity index (χ2n) is 1.37. The molecule has 0 aliphatic heterocycles. The average molecular weight is 99.1 g/mol. The highest BCUT2D eigenvalue weighted by Gasteiger charge is 1.89. The summed E-state index contributed by atoms with van der Waals surface area (Å²) in [5, 5.41) is 0. The van der Waals surface area contributed by atoms with Crippen molar-refractivity contribution in [3.05, 3.63) is 6.42 Å². The van der Waals surface area contributed by atoms with Crippen molar-refractivity contribution >= 4 is 5.91 Å². The lowest BCUT2D eigenvalue weighted by Crippen LogP contribution is -1.95. The summed E-state index contributed by atoms with van der Waals surface area (Å²) in [5.74, 6) is -0.474. The Morgan fingerprint density at radius 3 is 2.57 bits per heavy atom. The second kappa shape index (κ2) is 3.65. The number of carbonyl (C=O) groups is 1. The van der Waals surface area contributed by atoms with E-state index in [2.05, 4.69) is 0 Å². The summed E-state index contributed by atoms with van der Waals surface area (Å²) in [7, 11) is 0. The van der Waals surface area contributed by atoms with Gasteiger partial charge in [0.05, 0.1) is 0 Å². The smallest absolute Gasteiger partial charge is 0.238 e. The van der Waals surface area contributed by atoms with Crippen LogP contribution < -0.4 is 5.73 Å². The van der Waals surface area contributed by atoms with Crippen LogP contribution in [0.25, 0.3) is 0 Å². The second-order valence-corrected chi connectivity index (χ2v) is 1.37. The van der Waals surface area contributed by atoms with Crippen molar-refractivity contribution in [3.8, 4) is 0 Å². The molecule has 2 radical (unpaired) electrons. The topological polar surface area (TPSA) is 40.9 Å². The Bertz CT molecular complexity index is 61.1. The average Bonchev–Trinajstić information content (AvgIpc) is 1.61. The van der Waals surface area contributed by atoms with Gasteiger partial charge in [0.2, 0.25) is 5.91 Å². The van der Waals surface area contributed by atoms with Gasteiger partial charge in [0.25, 0.3) is 0 Å². The number of nitrogens with one attached hydrogen (secondary N) is 1. The highest BCUT2D eigenvalue weighted by Crippen LogP contribution is 1.89. The molecule has 0 aliphatic rings. The van der Waals surface area contributed by atoms with Gasteiger partial charge in [0, 0.05) is 6.42 Å². The van der Waals surface area contributed by atoms with Crippen LogP contribution in [-0.2, 0) is 4.79 Å². The Hall–Kier alpha value is -0.530. The lowest BCUT2D eigenvalue weighted by atomic mass is 10.2. The highest BCUT2D eigenvalue weighted by molar-refractivity contribution is 5.72. The predicted octanol–water partition coefficient (Wildman–Crippen LogP) is 0.800. The number of rotatable bonds is 3. The molecular formula is C5H9NO. The summed E-state index contributed by atoms with van der Waals surface area (Å²) < 4.78 is 0. The molecule has 7 heavy (non-hydrogen) atoms. The molecule has 1 amide bonds. The van der Waals surface area contributed by atoms with Gasteiger partial charge in [0.1, 0.15) is 0 Å². The molecule has 0 aliphatic carbocycles. The fourth-order valence-corrected chi connectivity index (χ4v) is 0.275. The van der Waals surface area contributed by atoms with Crippen molar-refractivity contribution in [3.63, 3.8) is 0 Å². The molecular weight excluding hydrogens is 90.1 g/mol. The quantitative estimate of drug-likeness (QED) is 0.516. The molecule has 0 bridgehead atoms. The lowest BCUT2D eigenvalue weighted by Gasteiger charge is -1.85. The summed E-state index contributed by atoms with van der Waals surface area (Å²) in [4.78, 5) is 9.85. The minimum Gasteiger partial charge on any atom is -0.273 e. The van der Waals surface area contributed by atoms with Crippen LogP contribution in [0.4, 0.5) is 0 Å². The van der Waals surface area contributed by atoms with Crippen molar-refractivity contribution in [2.24, 2.45) is 0 Å². The maximum absolute atomic E-state index is 9.85. The SMILES string of the molecule is C[CH]CCC([NH])=O. The van der Waals surface area contributed by atoms with E-state index in [0.717, 1.165) is 6.42 Å². The van der Waals surface area contributed by atoms with E-state index in [9.17, 15) is 4.79 Å². The molecule has 0 aromatic rings. The number of unbranched alkanes of at least 4 members (excludes halogenated alkanes) is 1. The van der Waals surface area contributed by atoms with Crippen LogP contribution in [0.2, 0.25) is 0 Å². The molecule has 2 nitrogen and oxygen atoms in total. The Morgan fingerprint density at radius 1 is 1.86 bits per heavy atom. The van der Waals surface area contributed by atoms with Gasteiger partial charge in [-0.05, 0) is 12.8 Å². The van der Waals surface area contributed by atoms with Gasteiger partial charge in [-0.15, -0.1) is 0 Å². The molecule has 0 saturated carbocycles. The van der Waals surface area contributed by atoms with Crippen molar-refractivity contribution < 1.29 is 4.79 Å². The molecule has 0 unspecified atom stereocenters. The van der Waals surface area contributed by atoms with Crippen molar-refractivity contribution in [1.29, 1.82) is 0 Å². The van der Waals surface area contributed by atoms with Crippen LogP contribution >= 0.6 is 0 Å². The highest BCUT2D eigenvalue weighted by atomic mass is 16.1. The number of amides is 1. The maximum Gasteiger partial charge on any atom is 0.238 e. The van der Waals surface area contributed by atoms with E-state index in [-0.39, 0.29) is 0 Å². The Labute approximate surface area is 43.7 Å². The molecule has 40 valence electrons. The fraction of sp³-hybridized carbons (Fsp3) is 0.600. The van der Waals surface area contributed by atoms with Crippen molar-refractivity contribution in [1.82, 2.24) is 5.73 Å². The van der Waals surface area contributed by atoms with Gasteiger partial charge in [-0.3, -0.25) is 10.5 Å². The first kappa shape index (κ1) is 6.47. The summed E-state index contributed by atoms with van der Waals surface area (Å²) in [6.07, 6.45) is 2.99. The minimum absolute atomic E-state index is 0.372. The van der Waals surface area contributed by atoms with Gasteiger partial charge >= 0.3 is 0 Å². The molecule has 0 heterocycles. The van der Waals surface area contributed by atoms with Gasteiger partial charge in [0.15, 0.2) is 0 Å². The van der Waals surface area contributed by atoms with E-state index in [0.29, 0.717) is 6.42 Å². The van der Waals surface area contributed by atoms with E-state index in [4.69, 9.17) is 5.73 Å². The maximum atomic E-state index is 9.85. The molecule has 0 spiro atoms. The number of hydrogen-bond donors (Lipinski definition) is 0. The first-order chi connectivity index (χ1) is 3.27. The van der Waals surface area contributed by atoms with Crippen molar-refractivity contribution in [2.45, 2.75) is 19.8 Å². The van der Waals surface area contributed by atoms with Gasteiger partial charge in [-0.1, -0.05) is 6.92 Å². The fourth-order valence-electron chi connectivity index (χ4n) is 0.275. The van der Waals surface area contributed by atoms with Gasteiger partial charge in [-0.25, -0.2) is 0 Å². The molecule has 2 heteroatoms. The summed E-state index contributed by atoms with van der Waals surface area (Å²) in [5.41, 5.74) is 6.42. The van der Waals surface area contributed by atoms with E-state index in [1.54, 1.807) is 0 Å². The predicted molar refractivity (Wildman–Crippen MR) is 27.3 cm³/mol. The monoisotopic (exact) mass is 99.1 g/mol. The summed E-state index contributed by atoms with van der Waals surface area (Å²) >= 11 is 0. The molecule has 0 aromatic heterocycles. The zero-order valence-electron chi connectivity index (χ0n) is 4.40. The first-order valence-corrected chi connectivity index (χ1v) is 2.29. The first-order valence-electron chi connectivity index (χ1n) is 2.29. The Balaban J connectivity index is 2.82. The molecule has 0 atom stereocenters. The van der Waals surface area contributed by atoms with E-state index >= 15 is 0 Å². The Morgan fingerprint density at radius 2 is 2.43 bits per heavy atom. The normalized spacial score (nSPS) is 8.71. The van der Waals surface area contributed by atoms with E-state index in [1.807, 2.05) is 13.3 Å². The summed E-state index contributed by atoms with van der Waals surface area (Å²) in [6, 6.07) is 0.